The maximum absolute atomic E-state index is 13.3. The van der Waals surface area contributed by atoms with Crippen LogP contribution >= 0.6 is 11.8 Å². The van der Waals surface area contributed by atoms with Gasteiger partial charge in [0.25, 0.3) is 5.91 Å². The van der Waals surface area contributed by atoms with E-state index < -0.39 is 11.2 Å². The minimum atomic E-state index is -0.924. The highest BCUT2D eigenvalue weighted by atomic mass is 32.2. The van der Waals surface area contributed by atoms with Gasteiger partial charge in [-0.3, -0.25) is 9.59 Å². The second kappa shape index (κ2) is 7.27. The van der Waals surface area contributed by atoms with E-state index in [1.165, 1.54) is 12.1 Å². The molecule has 4 nitrogen and oxygen atoms in total. The Labute approximate surface area is 149 Å². The van der Waals surface area contributed by atoms with Crippen molar-refractivity contribution in [2.24, 2.45) is 0 Å². The van der Waals surface area contributed by atoms with Gasteiger partial charge < -0.3 is 10.4 Å². The van der Waals surface area contributed by atoms with Crippen LogP contribution in [-0.2, 0) is 11.2 Å². The fourth-order valence-corrected chi connectivity index (χ4v) is 3.90. The Kier molecular flexibility index (Phi) is 5.08. The van der Waals surface area contributed by atoms with Crippen molar-refractivity contribution in [3.8, 4) is 0 Å². The first-order valence-electron chi connectivity index (χ1n) is 8.03. The van der Waals surface area contributed by atoms with Crippen LogP contribution in [0.15, 0.2) is 47.4 Å². The molecule has 2 aromatic carbocycles. The number of amides is 1. The van der Waals surface area contributed by atoms with Gasteiger partial charge in [0.2, 0.25) is 0 Å². The SMILES string of the molecule is CC(Sc1ccccc1C(=O)NC1CCc2cc(F)ccc21)C(=O)O. The molecule has 1 amide bonds. The number of thioether (sulfide) groups is 1. The number of benzene rings is 2. The molecule has 6 heteroatoms. The van der Waals surface area contributed by atoms with Gasteiger partial charge in [0.15, 0.2) is 0 Å². The zero-order chi connectivity index (χ0) is 18.0. The third-order valence-electron chi connectivity index (χ3n) is 4.27. The number of carboxylic acids is 1. The predicted octanol–water partition coefficient (Wildman–Crippen LogP) is 3.81. The van der Waals surface area contributed by atoms with Crippen molar-refractivity contribution in [1.82, 2.24) is 5.32 Å². The first-order chi connectivity index (χ1) is 12.0. The molecule has 0 aliphatic heterocycles. The zero-order valence-corrected chi connectivity index (χ0v) is 14.5. The van der Waals surface area contributed by atoms with Gasteiger partial charge in [0, 0.05) is 4.90 Å². The number of hydrogen-bond acceptors (Lipinski definition) is 3. The van der Waals surface area contributed by atoms with Gasteiger partial charge in [-0.2, -0.15) is 0 Å². The number of aryl methyl sites for hydroxylation is 1. The Morgan fingerprint density at radius 2 is 2.04 bits per heavy atom. The molecule has 3 rings (SSSR count). The molecule has 0 bridgehead atoms. The summed E-state index contributed by atoms with van der Waals surface area (Å²) in [7, 11) is 0. The topological polar surface area (TPSA) is 66.4 Å². The number of halogens is 1. The highest BCUT2D eigenvalue weighted by Gasteiger charge is 2.26. The standard InChI is InChI=1S/C19H18FNO3S/c1-11(19(23)24)25-17-5-3-2-4-15(17)18(22)21-16-9-6-12-10-13(20)7-8-14(12)16/h2-5,7-8,10-11,16H,6,9H2,1H3,(H,21,22)(H,23,24). The lowest BCUT2D eigenvalue weighted by Gasteiger charge is -2.16. The quantitative estimate of drug-likeness (QED) is 0.797. The normalized spacial score (nSPS) is 17.0. The Hall–Kier alpha value is -2.34. The van der Waals surface area contributed by atoms with Gasteiger partial charge in [-0.05, 0) is 55.2 Å². The third kappa shape index (κ3) is 3.85. The molecule has 130 valence electrons. The van der Waals surface area contributed by atoms with Gasteiger partial charge in [0.1, 0.15) is 11.1 Å². The Morgan fingerprint density at radius 1 is 1.28 bits per heavy atom. The predicted molar refractivity (Wildman–Crippen MR) is 94.3 cm³/mol. The fourth-order valence-electron chi connectivity index (χ4n) is 2.97. The summed E-state index contributed by atoms with van der Waals surface area (Å²) in [6.07, 6.45) is 1.45. The van der Waals surface area contributed by atoms with Crippen molar-refractivity contribution in [1.29, 1.82) is 0 Å². The molecule has 0 saturated heterocycles. The van der Waals surface area contributed by atoms with Crippen LogP contribution in [0.2, 0.25) is 0 Å². The molecule has 1 aliphatic rings. The number of carboxylic acid groups (broad SMARTS) is 1. The van der Waals surface area contributed by atoms with Crippen LogP contribution in [0.4, 0.5) is 4.39 Å². The van der Waals surface area contributed by atoms with E-state index in [1.54, 1.807) is 37.3 Å². The summed E-state index contributed by atoms with van der Waals surface area (Å²) in [5.41, 5.74) is 2.32. The first-order valence-corrected chi connectivity index (χ1v) is 8.91. The summed E-state index contributed by atoms with van der Waals surface area (Å²) < 4.78 is 13.3. The van der Waals surface area contributed by atoms with Crippen LogP contribution < -0.4 is 5.32 Å². The average Bonchev–Trinajstić information content (AvgIpc) is 2.97. The van der Waals surface area contributed by atoms with Crippen molar-refractivity contribution in [3.63, 3.8) is 0 Å². The summed E-state index contributed by atoms with van der Waals surface area (Å²) in [6, 6.07) is 11.4. The average molecular weight is 359 g/mol. The third-order valence-corrected chi connectivity index (χ3v) is 5.44. The monoisotopic (exact) mass is 359 g/mol. The van der Waals surface area contributed by atoms with E-state index in [-0.39, 0.29) is 17.8 Å². The van der Waals surface area contributed by atoms with Crippen LogP contribution in [0.1, 0.15) is 40.9 Å². The lowest BCUT2D eigenvalue weighted by molar-refractivity contribution is -0.136. The second-order valence-electron chi connectivity index (χ2n) is 6.00. The van der Waals surface area contributed by atoms with E-state index in [0.29, 0.717) is 10.5 Å². The molecule has 1 aliphatic carbocycles. The number of hydrogen-bond donors (Lipinski definition) is 2. The summed E-state index contributed by atoms with van der Waals surface area (Å²) in [4.78, 5) is 24.4. The summed E-state index contributed by atoms with van der Waals surface area (Å²) in [6.45, 7) is 1.59. The van der Waals surface area contributed by atoms with Crippen LogP contribution in [0.25, 0.3) is 0 Å². The van der Waals surface area contributed by atoms with Gasteiger partial charge >= 0.3 is 5.97 Å². The zero-order valence-electron chi connectivity index (χ0n) is 13.7. The minimum Gasteiger partial charge on any atom is -0.480 e. The van der Waals surface area contributed by atoms with Crippen molar-refractivity contribution in [2.75, 3.05) is 0 Å². The lowest BCUT2D eigenvalue weighted by atomic mass is 10.1. The van der Waals surface area contributed by atoms with Gasteiger partial charge in [-0.15, -0.1) is 11.8 Å². The number of rotatable bonds is 5. The van der Waals surface area contributed by atoms with E-state index in [9.17, 15) is 14.0 Å². The molecule has 0 heterocycles. The van der Waals surface area contributed by atoms with Crippen LogP contribution in [0, 0.1) is 5.82 Å². The highest BCUT2D eigenvalue weighted by molar-refractivity contribution is 8.00. The molecule has 2 unspecified atom stereocenters. The molecule has 0 aromatic heterocycles. The first kappa shape index (κ1) is 17.5. The molecule has 0 radical (unpaired) electrons. The van der Waals surface area contributed by atoms with E-state index in [4.69, 9.17) is 5.11 Å². The number of fused-ring (bicyclic) bond motifs is 1. The van der Waals surface area contributed by atoms with Crippen molar-refractivity contribution in [3.05, 3.63) is 65.0 Å². The number of nitrogens with one attached hydrogen (secondary N) is 1. The number of carbonyl (C=O) groups excluding carboxylic acids is 1. The maximum Gasteiger partial charge on any atom is 0.316 e. The molecular weight excluding hydrogens is 341 g/mol. The van der Waals surface area contributed by atoms with E-state index in [2.05, 4.69) is 5.32 Å². The van der Waals surface area contributed by atoms with Crippen LogP contribution in [-0.4, -0.2) is 22.2 Å². The molecule has 25 heavy (non-hydrogen) atoms. The fraction of sp³-hybridized carbons (Fsp3) is 0.263. The van der Waals surface area contributed by atoms with Gasteiger partial charge in [0.05, 0.1) is 11.6 Å². The molecule has 2 aromatic rings. The van der Waals surface area contributed by atoms with Gasteiger partial charge in [-0.1, -0.05) is 18.2 Å². The second-order valence-corrected chi connectivity index (χ2v) is 7.38. The van der Waals surface area contributed by atoms with Gasteiger partial charge in [-0.25, -0.2) is 4.39 Å². The Balaban J connectivity index is 1.78. The Bertz CT molecular complexity index is 824. The smallest absolute Gasteiger partial charge is 0.316 e. The maximum atomic E-state index is 13.3. The van der Waals surface area contributed by atoms with E-state index >= 15 is 0 Å². The minimum absolute atomic E-state index is 0.155. The lowest BCUT2D eigenvalue weighted by Crippen LogP contribution is -2.27. The largest absolute Gasteiger partial charge is 0.480 e. The van der Waals surface area contributed by atoms with Crippen molar-refractivity contribution < 1.29 is 19.1 Å². The summed E-state index contributed by atoms with van der Waals surface area (Å²) in [5.74, 6) is -1.44. The molecule has 0 fully saturated rings. The van der Waals surface area contributed by atoms with Crippen LogP contribution in [0.5, 0.6) is 0 Å². The number of carbonyl (C=O) groups is 2. The summed E-state index contributed by atoms with van der Waals surface area (Å²) in [5, 5.41) is 11.4. The molecule has 2 N–H and O–H groups in total. The van der Waals surface area contributed by atoms with Crippen molar-refractivity contribution in [2.45, 2.75) is 36.0 Å². The molecule has 0 spiro atoms. The summed E-state index contributed by atoms with van der Waals surface area (Å²) >= 11 is 1.14. The Morgan fingerprint density at radius 3 is 2.80 bits per heavy atom. The van der Waals surface area contributed by atoms with E-state index in [0.717, 1.165) is 35.7 Å². The van der Waals surface area contributed by atoms with Crippen molar-refractivity contribution >= 4 is 23.6 Å². The van der Waals surface area contributed by atoms with E-state index in [1.807, 2.05) is 0 Å². The molecular formula is C19H18FNO3S. The highest BCUT2D eigenvalue weighted by Crippen LogP contribution is 2.33. The molecule has 2 atom stereocenters. The molecule has 0 saturated carbocycles. The number of aliphatic carboxylic acids is 1. The van der Waals surface area contributed by atoms with Crippen LogP contribution in [0.3, 0.4) is 0 Å².